The molecule has 4 atom stereocenters. The summed E-state index contributed by atoms with van der Waals surface area (Å²) in [6, 6.07) is 0. The Morgan fingerprint density at radius 3 is 2.39 bits per heavy atom. The lowest BCUT2D eigenvalue weighted by Gasteiger charge is -2.36. The van der Waals surface area contributed by atoms with E-state index in [1.54, 1.807) is 0 Å². The standard InChI is InChI=1S/C8H13F3O6S/c1-4-7(12)5(3-6(15-2)16-4)17-18(13,14)8(9,10)11/h4-7,12H,3H2,1-2H3/t4-,5+,6-,7-/m1/s1. The minimum Gasteiger partial charge on any atom is -0.388 e. The lowest BCUT2D eigenvalue weighted by atomic mass is 10.0. The molecule has 0 amide bonds. The molecule has 1 heterocycles. The number of alkyl halides is 3. The van der Waals surface area contributed by atoms with Crippen LogP contribution in [0.25, 0.3) is 0 Å². The summed E-state index contributed by atoms with van der Waals surface area (Å²) in [7, 11) is -4.52. The number of hydrogen-bond donors (Lipinski definition) is 1. The molecule has 0 radical (unpaired) electrons. The summed E-state index contributed by atoms with van der Waals surface area (Å²) in [6.45, 7) is 1.37. The van der Waals surface area contributed by atoms with Crippen molar-refractivity contribution >= 4 is 10.1 Å². The van der Waals surface area contributed by atoms with Crippen molar-refractivity contribution in [2.75, 3.05) is 7.11 Å². The molecule has 18 heavy (non-hydrogen) atoms. The lowest BCUT2D eigenvalue weighted by molar-refractivity contribution is -0.233. The zero-order chi connectivity index (χ0) is 14.1. The Balaban J connectivity index is 2.82. The van der Waals surface area contributed by atoms with Crippen LogP contribution in [0, 0.1) is 0 Å². The zero-order valence-corrected chi connectivity index (χ0v) is 10.4. The topological polar surface area (TPSA) is 82.1 Å². The molecule has 1 rings (SSSR count). The fourth-order valence-electron chi connectivity index (χ4n) is 1.47. The molecule has 0 bridgehead atoms. The van der Waals surface area contributed by atoms with Gasteiger partial charge in [0.1, 0.15) is 12.2 Å². The second-order valence-electron chi connectivity index (χ2n) is 3.77. The van der Waals surface area contributed by atoms with Gasteiger partial charge in [0.15, 0.2) is 6.29 Å². The van der Waals surface area contributed by atoms with E-state index in [0.29, 0.717) is 0 Å². The van der Waals surface area contributed by atoms with Crippen molar-refractivity contribution in [3.05, 3.63) is 0 Å². The monoisotopic (exact) mass is 294 g/mol. The molecule has 108 valence electrons. The maximum atomic E-state index is 12.1. The van der Waals surface area contributed by atoms with E-state index in [0.717, 1.165) is 0 Å². The second kappa shape index (κ2) is 5.29. The van der Waals surface area contributed by atoms with E-state index < -0.39 is 40.2 Å². The molecule has 1 aliphatic rings. The largest absolute Gasteiger partial charge is 0.523 e. The molecule has 6 nitrogen and oxygen atoms in total. The minimum atomic E-state index is -5.76. The highest BCUT2D eigenvalue weighted by atomic mass is 32.2. The molecule has 0 aliphatic carbocycles. The number of aliphatic hydroxyl groups is 1. The van der Waals surface area contributed by atoms with Gasteiger partial charge in [0.25, 0.3) is 0 Å². The van der Waals surface area contributed by atoms with Crippen LogP contribution in [0.5, 0.6) is 0 Å². The molecule has 1 N–H and O–H groups in total. The quantitative estimate of drug-likeness (QED) is 0.598. The van der Waals surface area contributed by atoms with Gasteiger partial charge in [0, 0.05) is 13.5 Å². The van der Waals surface area contributed by atoms with Crippen LogP contribution in [0.4, 0.5) is 13.2 Å². The van der Waals surface area contributed by atoms with Crippen LogP contribution in [0.2, 0.25) is 0 Å². The van der Waals surface area contributed by atoms with Crippen molar-refractivity contribution in [1.29, 1.82) is 0 Å². The number of rotatable bonds is 3. The van der Waals surface area contributed by atoms with Crippen molar-refractivity contribution in [3.8, 4) is 0 Å². The first-order valence-electron chi connectivity index (χ1n) is 4.94. The van der Waals surface area contributed by atoms with Crippen molar-refractivity contribution < 1.29 is 40.4 Å². The van der Waals surface area contributed by atoms with Gasteiger partial charge in [-0.15, -0.1) is 0 Å². The Hall–Kier alpha value is -0.420. The molecule has 1 saturated heterocycles. The van der Waals surface area contributed by atoms with Gasteiger partial charge >= 0.3 is 15.6 Å². The van der Waals surface area contributed by atoms with Crippen molar-refractivity contribution in [2.24, 2.45) is 0 Å². The van der Waals surface area contributed by atoms with Gasteiger partial charge in [-0.1, -0.05) is 0 Å². The summed E-state index contributed by atoms with van der Waals surface area (Å²) in [5.74, 6) is 0. The van der Waals surface area contributed by atoms with Gasteiger partial charge in [-0.2, -0.15) is 21.6 Å². The number of aliphatic hydroxyl groups excluding tert-OH is 1. The number of ether oxygens (including phenoxy) is 2. The second-order valence-corrected chi connectivity index (χ2v) is 5.33. The molecule has 1 fully saturated rings. The molecule has 10 heteroatoms. The Kier molecular flexibility index (Phi) is 4.60. The molecular weight excluding hydrogens is 281 g/mol. The first kappa shape index (κ1) is 15.6. The normalized spacial score (nSPS) is 34.6. The van der Waals surface area contributed by atoms with Crippen molar-refractivity contribution in [3.63, 3.8) is 0 Å². The maximum absolute atomic E-state index is 12.1. The van der Waals surface area contributed by atoms with E-state index in [1.807, 2.05) is 0 Å². The fourth-order valence-corrected chi connectivity index (χ4v) is 2.10. The summed E-state index contributed by atoms with van der Waals surface area (Å²) in [4.78, 5) is 0. The number of hydrogen-bond acceptors (Lipinski definition) is 6. The fraction of sp³-hybridized carbons (Fsp3) is 1.00. The Bertz CT molecular complexity index is 381. The summed E-state index contributed by atoms with van der Waals surface area (Å²) in [5.41, 5.74) is -5.53. The third-order valence-corrected chi connectivity index (χ3v) is 3.52. The molecule has 0 aromatic carbocycles. The van der Waals surface area contributed by atoms with E-state index in [9.17, 15) is 26.7 Å². The third-order valence-electron chi connectivity index (χ3n) is 2.45. The van der Waals surface area contributed by atoms with Crippen molar-refractivity contribution in [2.45, 2.75) is 43.5 Å². The first-order valence-corrected chi connectivity index (χ1v) is 6.35. The van der Waals surface area contributed by atoms with Crippen LogP contribution in [0.3, 0.4) is 0 Å². The predicted molar refractivity (Wildman–Crippen MR) is 51.8 cm³/mol. The van der Waals surface area contributed by atoms with Crippen LogP contribution >= 0.6 is 0 Å². The zero-order valence-electron chi connectivity index (χ0n) is 9.55. The van der Waals surface area contributed by atoms with Crippen LogP contribution in [0.15, 0.2) is 0 Å². The van der Waals surface area contributed by atoms with Gasteiger partial charge in [-0.05, 0) is 6.92 Å². The molecule has 0 spiro atoms. The molecule has 0 unspecified atom stereocenters. The van der Waals surface area contributed by atoms with E-state index >= 15 is 0 Å². The molecule has 0 aromatic rings. The van der Waals surface area contributed by atoms with Gasteiger partial charge < -0.3 is 14.6 Å². The van der Waals surface area contributed by atoms with Gasteiger partial charge in [-0.25, -0.2) is 0 Å². The van der Waals surface area contributed by atoms with E-state index in [1.165, 1.54) is 14.0 Å². The molecule has 0 aromatic heterocycles. The van der Waals surface area contributed by atoms with Crippen LogP contribution in [-0.4, -0.2) is 50.7 Å². The van der Waals surface area contributed by atoms with Gasteiger partial charge in [-0.3, -0.25) is 4.18 Å². The van der Waals surface area contributed by atoms with Crippen LogP contribution < -0.4 is 0 Å². The predicted octanol–water partition coefficient (Wildman–Crippen LogP) is 0.363. The van der Waals surface area contributed by atoms with E-state index in [-0.39, 0.29) is 6.42 Å². The smallest absolute Gasteiger partial charge is 0.388 e. The molecule has 0 saturated carbocycles. The average Bonchev–Trinajstić information content (AvgIpc) is 2.22. The van der Waals surface area contributed by atoms with Gasteiger partial charge in [0.05, 0.1) is 6.10 Å². The van der Waals surface area contributed by atoms with E-state index in [2.05, 4.69) is 4.18 Å². The first-order chi connectivity index (χ1) is 8.08. The summed E-state index contributed by atoms with van der Waals surface area (Å²) < 4.78 is 71.9. The van der Waals surface area contributed by atoms with Gasteiger partial charge in [0.2, 0.25) is 0 Å². The minimum absolute atomic E-state index is 0.322. The Morgan fingerprint density at radius 1 is 1.39 bits per heavy atom. The lowest BCUT2D eigenvalue weighted by Crippen LogP contribution is -2.50. The summed E-state index contributed by atoms with van der Waals surface area (Å²) in [5, 5.41) is 9.54. The highest BCUT2D eigenvalue weighted by Gasteiger charge is 2.51. The number of methoxy groups -OCH3 is 1. The maximum Gasteiger partial charge on any atom is 0.523 e. The Morgan fingerprint density at radius 2 is 1.94 bits per heavy atom. The van der Waals surface area contributed by atoms with Crippen LogP contribution in [0.1, 0.15) is 13.3 Å². The SMILES string of the molecule is CO[C@H]1C[C@H](OS(=O)(=O)C(F)(F)F)[C@H](O)[C@@H](C)O1. The van der Waals surface area contributed by atoms with Crippen LogP contribution in [-0.2, 0) is 23.8 Å². The number of halogens is 3. The average molecular weight is 294 g/mol. The summed E-state index contributed by atoms with van der Waals surface area (Å²) >= 11 is 0. The highest BCUT2D eigenvalue weighted by Crippen LogP contribution is 2.30. The Labute approximate surface area is 102 Å². The van der Waals surface area contributed by atoms with Crippen molar-refractivity contribution in [1.82, 2.24) is 0 Å². The summed E-state index contributed by atoms with van der Waals surface area (Å²) in [6.07, 6.45) is -5.22. The molecule has 1 aliphatic heterocycles. The highest BCUT2D eigenvalue weighted by molar-refractivity contribution is 7.87. The molecular formula is C8H13F3O6S. The van der Waals surface area contributed by atoms with E-state index in [4.69, 9.17) is 9.47 Å². The third kappa shape index (κ3) is 3.32.